The van der Waals surface area contributed by atoms with Gasteiger partial charge < -0.3 is 15.1 Å². The third-order valence-electron chi connectivity index (χ3n) is 8.26. The lowest BCUT2D eigenvalue weighted by Gasteiger charge is -2.57. The summed E-state index contributed by atoms with van der Waals surface area (Å²) in [5.74, 6) is 2.85. The summed E-state index contributed by atoms with van der Waals surface area (Å²) in [6, 6.07) is 6.69. The number of carbonyl (C=O) groups excluding carboxylic acids is 1. The summed E-state index contributed by atoms with van der Waals surface area (Å²) in [6.45, 7) is 8.78. The van der Waals surface area contributed by atoms with Crippen LogP contribution in [0.15, 0.2) is 18.2 Å². The Morgan fingerprint density at radius 3 is 2.21 bits per heavy atom. The van der Waals surface area contributed by atoms with Crippen molar-refractivity contribution in [2.45, 2.75) is 52.4 Å². The maximum absolute atomic E-state index is 12.9. The Kier molecular flexibility index (Phi) is 4.56. The molecule has 4 bridgehead atoms. The number of nitrogens with one attached hydrogen (secondary N) is 1. The van der Waals surface area contributed by atoms with Gasteiger partial charge in [0, 0.05) is 38.4 Å². The summed E-state index contributed by atoms with van der Waals surface area (Å²) in [7, 11) is 0. The predicted molar refractivity (Wildman–Crippen MR) is 114 cm³/mol. The van der Waals surface area contributed by atoms with E-state index < -0.39 is 0 Å². The third-order valence-corrected chi connectivity index (χ3v) is 8.26. The Labute approximate surface area is 169 Å². The second-order valence-electron chi connectivity index (χ2n) is 10.3. The molecule has 4 heteroatoms. The number of urea groups is 1. The van der Waals surface area contributed by atoms with Gasteiger partial charge in [-0.25, -0.2) is 4.79 Å². The molecule has 1 aromatic carbocycles. The average Bonchev–Trinajstić information content (AvgIpc) is 2.67. The van der Waals surface area contributed by atoms with Crippen molar-refractivity contribution in [3.63, 3.8) is 0 Å². The topological polar surface area (TPSA) is 35.6 Å². The Morgan fingerprint density at radius 2 is 1.61 bits per heavy atom. The minimum absolute atomic E-state index is 0.163. The van der Waals surface area contributed by atoms with E-state index in [4.69, 9.17) is 0 Å². The fourth-order valence-corrected chi connectivity index (χ4v) is 7.11. The van der Waals surface area contributed by atoms with Crippen molar-refractivity contribution in [1.29, 1.82) is 0 Å². The van der Waals surface area contributed by atoms with Gasteiger partial charge in [0.1, 0.15) is 0 Å². The molecular weight excluding hydrogens is 346 g/mol. The number of rotatable bonds is 3. The van der Waals surface area contributed by atoms with Crippen LogP contribution in [0.3, 0.4) is 0 Å². The zero-order valence-electron chi connectivity index (χ0n) is 17.5. The molecule has 0 spiro atoms. The van der Waals surface area contributed by atoms with E-state index >= 15 is 0 Å². The van der Waals surface area contributed by atoms with E-state index in [-0.39, 0.29) is 6.03 Å². The highest BCUT2D eigenvalue weighted by molar-refractivity contribution is 5.74. The smallest absolute Gasteiger partial charge is 0.317 e. The molecule has 28 heavy (non-hydrogen) atoms. The van der Waals surface area contributed by atoms with Gasteiger partial charge in [0.05, 0.1) is 0 Å². The quantitative estimate of drug-likeness (QED) is 0.845. The highest BCUT2D eigenvalue weighted by Crippen LogP contribution is 2.59. The van der Waals surface area contributed by atoms with Crippen molar-refractivity contribution in [1.82, 2.24) is 10.2 Å². The number of carbonyl (C=O) groups is 1. The molecule has 0 radical (unpaired) electrons. The Balaban J connectivity index is 1.15. The second kappa shape index (κ2) is 6.96. The molecule has 1 aromatic rings. The first-order chi connectivity index (χ1) is 13.5. The molecule has 5 fully saturated rings. The fourth-order valence-electron chi connectivity index (χ4n) is 7.11. The maximum Gasteiger partial charge on any atom is 0.317 e. The Morgan fingerprint density at radius 1 is 1.00 bits per heavy atom. The summed E-state index contributed by atoms with van der Waals surface area (Å²) >= 11 is 0. The van der Waals surface area contributed by atoms with Gasteiger partial charge in [0.2, 0.25) is 0 Å². The van der Waals surface area contributed by atoms with Gasteiger partial charge in [0.25, 0.3) is 0 Å². The van der Waals surface area contributed by atoms with Crippen LogP contribution in [0.1, 0.15) is 49.7 Å². The van der Waals surface area contributed by atoms with Crippen LogP contribution in [0.5, 0.6) is 0 Å². The van der Waals surface area contributed by atoms with E-state index in [1.807, 2.05) is 4.90 Å². The molecule has 1 saturated heterocycles. The molecule has 1 aliphatic heterocycles. The molecule has 5 aliphatic rings. The molecule has 4 nitrogen and oxygen atoms in total. The first-order valence-corrected chi connectivity index (χ1v) is 11.4. The lowest BCUT2D eigenvalue weighted by Crippen LogP contribution is -2.55. The third kappa shape index (κ3) is 3.29. The number of piperazine rings is 1. The number of aryl methyl sites for hydroxylation is 1. The van der Waals surface area contributed by atoms with E-state index in [9.17, 15) is 4.79 Å². The van der Waals surface area contributed by atoms with Gasteiger partial charge in [-0.05, 0) is 92.7 Å². The van der Waals surface area contributed by atoms with E-state index in [1.54, 1.807) is 0 Å². The van der Waals surface area contributed by atoms with Crippen LogP contribution in [-0.2, 0) is 0 Å². The lowest BCUT2D eigenvalue weighted by molar-refractivity contribution is -0.0502. The summed E-state index contributed by atoms with van der Waals surface area (Å²) in [5, 5.41) is 3.35. The molecule has 4 aliphatic carbocycles. The van der Waals surface area contributed by atoms with Crippen molar-refractivity contribution in [2.24, 2.45) is 23.2 Å². The summed E-state index contributed by atoms with van der Waals surface area (Å²) in [5.41, 5.74) is 4.45. The Bertz CT molecular complexity index is 715. The number of benzene rings is 1. The summed E-state index contributed by atoms with van der Waals surface area (Å²) < 4.78 is 0. The van der Waals surface area contributed by atoms with E-state index in [2.05, 4.69) is 42.3 Å². The average molecular weight is 382 g/mol. The summed E-state index contributed by atoms with van der Waals surface area (Å²) in [4.78, 5) is 17.3. The van der Waals surface area contributed by atoms with Gasteiger partial charge in [-0.2, -0.15) is 0 Å². The van der Waals surface area contributed by atoms with Crippen molar-refractivity contribution in [3.8, 4) is 0 Å². The number of hydrogen-bond donors (Lipinski definition) is 1. The number of nitrogens with zero attached hydrogens (tertiary/aromatic N) is 2. The van der Waals surface area contributed by atoms with Crippen LogP contribution < -0.4 is 10.2 Å². The van der Waals surface area contributed by atoms with Crippen molar-refractivity contribution in [3.05, 3.63) is 29.3 Å². The van der Waals surface area contributed by atoms with Crippen LogP contribution in [-0.4, -0.2) is 43.7 Å². The molecule has 0 unspecified atom stereocenters. The van der Waals surface area contributed by atoms with Gasteiger partial charge in [-0.1, -0.05) is 12.1 Å². The molecule has 1 N–H and O–H groups in total. The number of anilines is 1. The largest absolute Gasteiger partial charge is 0.368 e. The van der Waals surface area contributed by atoms with Crippen LogP contribution in [0.25, 0.3) is 0 Å². The Hall–Kier alpha value is -1.71. The zero-order chi connectivity index (χ0) is 19.3. The molecule has 0 atom stereocenters. The summed E-state index contributed by atoms with van der Waals surface area (Å²) in [6.07, 6.45) is 8.48. The van der Waals surface area contributed by atoms with Gasteiger partial charge in [0.15, 0.2) is 0 Å². The molecule has 152 valence electrons. The highest BCUT2D eigenvalue weighted by atomic mass is 16.2. The highest BCUT2D eigenvalue weighted by Gasteiger charge is 2.50. The van der Waals surface area contributed by atoms with Gasteiger partial charge in [-0.3, -0.25) is 0 Å². The number of amides is 2. The monoisotopic (exact) mass is 381 g/mol. The normalized spacial score (nSPS) is 34.0. The minimum atomic E-state index is 0.163. The second-order valence-corrected chi connectivity index (χ2v) is 10.3. The van der Waals surface area contributed by atoms with Crippen LogP contribution in [0, 0.1) is 37.0 Å². The fraction of sp³-hybridized carbons (Fsp3) is 0.708. The molecule has 4 saturated carbocycles. The molecule has 2 amide bonds. The number of hydrogen-bond acceptors (Lipinski definition) is 2. The lowest BCUT2D eigenvalue weighted by atomic mass is 9.49. The first kappa shape index (κ1) is 18.3. The van der Waals surface area contributed by atoms with Gasteiger partial charge >= 0.3 is 6.03 Å². The van der Waals surface area contributed by atoms with E-state index in [0.717, 1.165) is 50.5 Å². The minimum Gasteiger partial charge on any atom is -0.368 e. The SMILES string of the molecule is Cc1cccc(N2CCN(C(=O)NCC34CC5CC(CC(C5)C3)C4)CC2)c1C. The van der Waals surface area contributed by atoms with Crippen molar-refractivity contribution < 1.29 is 4.79 Å². The molecule has 0 aromatic heterocycles. The van der Waals surface area contributed by atoms with Crippen molar-refractivity contribution >= 4 is 11.7 Å². The molecule has 1 heterocycles. The molecular formula is C24H35N3O. The van der Waals surface area contributed by atoms with E-state index in [0.29, 0.717) is 5.41 Å². The van der Waals surface area contributed by atoms with E-state index in [1.165, 1.54) is 55.3 Å². The van der Waals surface area contributed by atoms with Crippen LogP contribution in [0.4, 0.5) is 10.5 Å². The van der Waals surface area contributed by atoms with Gasteiger partial charge in [-0.15, -0.1) is 0 Å². The molecule has 6 rings (SSSR count). The van der Waals surface area contributed by atoms with Crippen molar-refractivity contribution in [2.75, 3.05) is 37.6 Å². The van der Waals surface area contributed by atoms with Crippen LogP contribution in [0.2, 0.25) is 0 Å². The predicted octanol–water partition coefficient (Wildman–Crippen LogP) is 4.35. The maximum atomic E-state index is 12.9. The standard InChI is InChI=1S/C24H35N3O/c1-17-4-3-5-22(18(17)2)26-6-8-27(9-7-26)23(28)25-16-24-13-19-10-20(14-24)12-21(11-19)15-24/h3-5,19-21H,6-16H2,1-2H3,(H,25,28). The first-order valence-electron chi connectivity index (χ1n) is 11.4. The van der Waals surface area contributed by atoms with Crippen LogP contribution >= 0.6 is 0 Å². The zero-order valence-corrected chi connectivity index (χ0v) is 17.5.